The number of anilines is 3. The third-order valence-electron chi connectivity index (χ3n) is 5.01. The largest absolute Gasteiger partial charge is 0.399 e. The lowest BCUT2D eigenvalue weighted by molar-refractivity contribution is 0.241. The molecule has 1 unspecified atom stereocenters. The Bertz CT molecular complexity index is 991. The smallest absolute Gasteiger partial charge is 0.113 e. The Labute approximate surface area is 153 Å². The van der Waals surface area contributed by atoms with Crippen molar-refractivity contribution in [1.29, 1.82) is 0 Å². The van der Waals surface area contributed by atoms with Crippen LogP contribution in [-0.4, -0.2) is 29.6 Å². The van der Waals surface area contributed by atoms with Crippen LogP contribution in [0.2, 0.25) is 0 Å². The monoisotopic (exact) mass is 345 g/mol. The van der Waals surface area contributed by atoms with E-state index in [1.54, 1.807) is 0 Å². The second kappa shape index (κ2) is 6.04. The van der Waals surface area contributed by atoms with E-state index in [2.05, 4.69) is 48.6 Å². The van der Waals surface area contributed by atoms with E-state index in [9.17, 15) is 0 Å². The Morgan fingerprint density at radius 2 is 1.58 bits per heavy atom. The number of likely N-dealkylation sites (N-methyl/N-ethyl adjacent to an activating group) is 1. The first kappa shape index (κ1) is 16.4. The Hall–Kier alpha value is -3.05. The summed E-state index contributed by atoms with van der Waals surface area (Å²) in [5.74, 6) is 0. The molecule has 1 aromatic heterocycles. The van der Waals surface area contributed by atoms with Crippen molar-refractivity contribution >= 4 is 38.9 Å². The van der Waals surface area contributed by atoms with E-state index in [1.165, 1.54) is 0 Å². The highest BCUT2D eigenvalue weighted by atomic mass is 15.3. The fraction of sp³-hybridized carbons (Fsp3) is 0.190. The Morgan fingerprint density at radius 1 is 0.962 bits per heavy atom. The fourth-order valence-electron chi connectivity index (χ4n) is 3.48. The number of pyridine rings is 1. The zero-order chi connectivity index (χ0) is 18.3. The highest BCUT2D eigenvalue weighted by Crippen LogP contribution is 2.36. The molecule has 1 aliphatic carbocycles. The quantitative estimate of drug-likeness (QED) is 0.383. The third-order valence-corrected chi connectivity index (χ3v) is 5.01. The molecule has 0 bridgehead atoms. The van der Waals surface area contributed by atoms with Gasteiger partial charge in [0.15, 0.2) is 0 Å². The van der Waals surface area contributed by atoms with Gasteiger partial charge in [-0.15, -0.1) is 0 Å². The zero-order valence-corrected chi connectivity index (χ0v) is 15.0. The van der Waals surface area contributed by atoms with Gasteiger partial charge in [-0.2, -0.15) is 0 Å². The molecule has 3 aromatic rings. The summed E-state index contributed by atoms with van der Waals surface area (Å²) in [6, 6.07) is 11.7. The van der Waals surface area contributed by atoms with E-state index >= 15 is 0 Å². The van der Waals surface area contributed by atoms with E-state index in [-0.39, 0.29) is 5.66 Å². The predicted molar refractivity (Wildman–Crippen MR) is 111 cm³/mol. The number of rotatable bonds is 3. The number of benzene rings is 2. The second-order valence-corrected chi connectivity index (χ2v) is 6.98. The highest BCUT2D eigenvalue weighted by molar-refractivity contribution is 6.08. The minimum absolute atomic E-state index is 0.307. The normalized spacial score (nSPS) is 19.5. The number of hydrogen-bond donors (Lipinski definition) is 3. The predicted octanol–water partition coefficient (Wildman–Crippen LogP) is 3.74. The lowest BCUT2D eigenvalue weighted by Crippen LogP contribution is -2.49. The molecule has 0 spiro atoms. The van der Waals surface area contributed by atoms with Crippen LogP contribution in [0.5, 0.6) is 0 Å². The van der Waals surface area contributed by atoms with Crippen molar-refractivity contribution in [2.75, 3.05) is 30.9 Å². The topological polar surface area (TPSA) is 80.2 Å². The lowest BCUT2D eigenvalue weighted by atomic mass is 9.97. The number of hydrogen-bond acceptors (Lipinski definition) is 5. The first-order chi connectivity index (χ1) is 12.5. The minimum Gasteiger partial charge on any atom is -0.399 e. The zero-order valence-electron chi connectivity index (χ0n) is 15.0. The van der Waals surface area contributed by atoms with Crippen LogP contribution in [0.15, 0.2) is 60.7 Å². The van der Waals surface area contributed by atoms with E-state index in [1.807, 2.05) is 36.4 Å². The number of fused-ring (bicyclic) bond motifs is 2. The van der Waals surface area contributed by atoms with Crippen LogP contribution >= 0.6 is 0 Å². The molecule has 1 atom stereocenters. The first-order valence-corrected chi connectivity index (χ1v) is 8.67. The van der Waals surface area contributed by atoms with Gasteiger partial charge in [0.1, 0.15) is 5.66 Å². The van der Waals surface area contributed by atoms with Crippen LogP contribution < -0.4 is 16.8 Å². The molecule has 0 aliphatic heterocycles. The van der Waals surface area contributed by atoms with Crippen LogP contribution in [0.3, 0.4) is 0 Å². The molecule has 132 valence electrons. The summed E-state index contributed by atoms with van der Waals surface area (Å²) in [7, 11) is 4.16. The van der Waals surface area contributed by atoms with Crippen LogP contribution in [0.25, 0.3) is 21.8 Å². The molecular weight excluding hydrogens is 322 g/mol. The third kappa shape index (κ3) is 2.66. The van der Waals surface area contributed by atoms with Crippen molar-refractivity contribution in [2.45, 2.75) is 12.1 Å². The van der Waals surface area contributed by atoms with Gasteiger partial charge in [-0.3, -0.25) is 4.90 Å². The average Bonchev–Trinajstić information content (AvgIpc) is 2.61. The lowest BCUT2D eigenvalue weighted by Gasteiger charge is -2.40. The molecule has 0 fully saturated rings. The second-order valence-electron chi connectivity index (χ2n) is 6.98. The van der Waals surface area contributed by atoms with Crippen LogP contribution in [0.4, 0.5) is 17.1 Å². The molecule has 5 nitrogen and oxygen atoms in total. The summed E-state index contributed by atoms with van der Waals surface area (Å²) in [5.41, 5.74) is 15.8. The van der Waals surface area contributed by atoms with Crippen LogP contribution in [0.1, 0.15) is 6.42 Å². The van der Waals surface area contributed by atoms with Crippen LogP contribution in [-0.2, 0) is 0 Å². The number of nitrogens with zero attached hydrogens (tertiary/aromatic N) is 2. The highest BCUT2D eigenvalue weighted by Gasteiger charge is 2.30. The molecule has 2 aromatic carbocycles. The number of allylic oxidation sites excluding steroid dienone is 2. The van der Waals surface area contributed by atoms with Crippen LogP contribution in [0, 0.1) is 0 Å². The minimum atomic E-state index is -0.307. The molecule has 0 radical (unpaired) electrons. The maximum Gasteiger partial charge on any atom is 0.113 e. The van der Waals surface area contributed by atoms with Crippen molar-refractivity contribution in [2.24, 2.45) is 0 Å². The summed E-state index contributed by atoms with van der Waals surface area (Å²) in [6.07, 6.45) is 9.39. The van der Waals surface area contributed by atoms with E-state index in [4.69, 9.17) is 16.5 Å². The van der Waals surface area contributed by atoms with Gasteiger partial charge in [-0.1, -0.05) is 18.2 Å². The average molecular weight is 345 g/mol. The molecule has 26 heavy (non-hydrogen) atoms. The van der Waals surface area contributed by atoms with Crippen molar-refractivity contribution in [3.8, 4) is 0 Å². The molecule has 5 N–H and O–H groups in total. The van der Waals surface area contributed by atoms with Crippen molar-refractivity contribution in [3.63, 3.8) is 0 Å². The number of nitrogens with two attached hydrogens (primary N) is 2. The molecule has 0 amide bonds. The molecule has 5 heteroatoms. The van der Waals surface area contributed by atoms with Gasteiger partial charge in [0.2, 0.25) is 0 Å². The van der Waals surface area contributed by atoms with Gasteiger partial charge < -0.3 is 16.8 Å². The number of nitrogens with one attached hydrogen (secondary N) is 1. The summed E-state index contributed by atoms with van der Waals surface area (Å²) in [4.78, 5) is 6.97. The summed E-state index contributed by atoms with van der Waals surface area (Å²) in [5, 5.41) is 5.87. The number of nitrogen functional groups attached to an aromatic ring is 2. The summed E-state index contributed by atoms with van der Waals surface area (Å²) in [6.45, 7) is 0. The summed E-state index contributed by atoms with van der Waals surface area (Å²) >= 11 is 0. The molecule has 4 rings (SSSR count). The Balaban J connectivity index is 1.99. The van der Waals surface area contributed by atoms with Gasteiger partial charge in [0, 0.05) is 28.6 Å². The molecule has 0 saturated carbocycles. The van der Waals surface area contributed by atoms with Gasteiger partial charge in [-0.05, 0) is 56.6 Å². The Morgan fingerprint density at radius 3 is 2.08 bits per heavy atom. The van der Waals surface area contributed by atoms with Gasteiger partial charge >= 0.3 is 0 Å². The number of aromatic nitrogens is 1. The molecule has 1 heterocycles. The summed E-state index contributed by atoms with van der Waals surface area (Å²) < 4.78 is 0. The fourth-order valence-corrected chi connectivity index (χ4v) is 3.48. The SMILES string of the molecule is CN(C)C1(Nc2c3ccc(N)cc3nc3cc(N)ccc23)C=CC=CC1. The van der Waals surface area contributed by atoms with Crippen molar-refractivity contribution in [3.05, 3.63) is 60.7 Å². The molecule has 1 aliphatic rings. The van der Waals surface area contributed by atoms with Gasteiger partial charge in [-0.25, -0.2) is 4.98 Å². The van der Waals surface area contributed by atoms with E-state index in [0.29, 0.717) is 11.4 Å². The van der Waals surface area contributed by atoms with E-state index < -0.39 is 0 Å². The van der Waals surface area contributed by atoms with Gasteiger partial charge in [0.25, 0.3) is 0 Å². The standard InChI is InChI=1S/C21H23N5/c1-26(2)21(10-4-3-5-11-21)25-20-16-8-6-14(22)12-18(16)24-19-13-15(23)7-9-17(19)20/h3-10,12-13H,11,22-23H2,1-2H3,(H,24,25). The Kier molecular flexibility index (Phi) is 3.81. The van der Waals surface area contributed by atoms with E-state index in [0.717, 1.165) is 33.9 Å². The molecule has 0 saturated heterocycles. The maximum absolute atomic E-state index is 5.99. The van der Waals surface area contributed by atoms with Crippen molar-refractivity contribution < 1.29 is 0 Å². The first-order valence-electron chi connectivity index (χ1n) is 8.67. The molecular formula is C21H23N5. The maximum atomic E-state index is 5.99. The van der Waals surface area contributed by atoms with Gasteiger partial charge in [0.05, 0.1) is 16.7 Å². The van der Waals surface area contributed by atoms with Crippen molar-refractivity contribution in [1.82, 2.24) is 9.88 Å².